The first-order valence-electron chi connectivity index (χ1n) is 12.7. The Morgan fingerprint density at radius 1 is 1.03 bits per heavy atom. The van der Waals surface area contributed by atoms with Crippen LogP contribution in [0.15, 0.2) is 71.6 Å². The van der Waals surface area contributed by atoms with Crippen LogP contribution in [0.3, 0.4) is 0 Å². The molecule has 1 aliphatic carbocycles. The molecule has 3 aromatic carbocycles. The minimum atomic E-state index is -0.000896. The van der Waals surface area contributed by atoms with Crippen molar-refractivity contribution in [3.63, 3.8) is 0 Å². The first-order chi connectivity index (χ1) is 17.0. The molecular formula is C30H35N3OS. The summed E-state index contributed by atoms with van der Waals surface area (Å²) < 4.78 is 3.09. The Morgan fingerprint density at radius 3 is 2.49 bits per heavy atom. The first kappa shape index (κ1) is 24.0. The van der Waals surface area contributed by atoms with E-state index in [2.05, 4.69) is 90.6 Å². The summed E-state index contributed by atoms with van der Waals surface area (Å²) in [7, 11) is 1.91. The molecule has 5 heteroatoms. The van der Waals surface area contributed by atoms with Crippen molar-refractivity contribution < 1.29 is 4.79 Å². The Hall–Kier alpha value is -2.76. The van der Waals surface area contributed by atoms with Gasteiger partial charge >= 0.3 is 6.03 Å². The molecular weight excluding hydrogens is 450 g/mol. The van der Waals surface area contributed by atoms with Gasteiger partial charge in [0.05, 0.1) is 0 Å². The topological polar surface area (TPSA) is 44.4 Å². The molecule has 0 atom stereocenters. The minimum absolute atomic E-state index is 0.000896. The van der Waals surface area contributed by atoms with Crippen LogP contribution in [0.2, 0.25) is 0 Å². The maximum atomic E-state index is 13.4. The molecule has 0 bridgehead atoms. The van der Waals surface area contributed by atoms with Crippen molar-refractivity contribution in [3.05, 3.63) is 83.4 Å². The summed E-state index contributed by atoms with van der Waals surface area (Å²) in [5.41, 5.74) is 7.57. The van der Waals surface area contributed by atoms with Crippen LogP contribution in [0.4, 0.5) is 10.5 Å². The zero-order valence-electron chi connectivity index (χ0n) is 20.9. The number of hydrogen-bond donors (Lipinski definition) is 2. The molecule has 35 heavy (non-hydrogen) atoms. The van der Waals surface area contributed by atoms with E-state index in [9.17, 15) is 4.79 Å². The highest BCUT2D eigenvalue weighted by Gasteiger charge is 2.46. The lowest BCUT2D eigenvalue weighted by Crippen LogP contribution is -2.41. The molecule has 0 saturated heterocycles. The van der Waals surface area contributed by atoms with Gasteiger partial charge in [0.25, 0.3) is 0 Å². The molecule has 2 amide bonds. The third-order valence-electron chi connectivity index (χ3n) is 7.61. The summed E-state index contributed by atoms with van der Waals surface area (Å²) in [4.78, 5) is 16.5. The molecule has 0 unspecified atom stereocenters. The van der Waals surface area contributed by atoms with Crippen molar-refractivity contribution in [2.75, 3.05) is 18.5 Å². The number of anilines is 1. The van der Waals surface area contributed by atoms with E-state index in [1.807, 2.05) is 11.9 Å². The molecule has 5 rings (SSSR count). The largest absolute Gasteiger partial charge is 0.334 e. The van der Waals surface area contributed by atoms with E-state index < -0.39 is 0 Å². The van der Waals surface area contributed by atoms with Gasteiger partial charge in [0, 0.05) is 29.1 Å². The highest BCUT2D eigenvalue weighted by atomic mass is 32.2. The van der Waals surface area contributed by atoms with Crippen LogP contribution < -0.4 is 14.9 Å². The summed E-state index contributed by atoms with van der Waals surface area (Å²) in [6, 6.07) is 23.8. The van der Waals surface area contributed by atoms with E-state index in [1.165, 1.54) is 35.1 Å². The van der Waals surface area contributed by atoms with E-state index in [4.69, 9.17) is 0 Å². The number of carbonyl (C=O) groups excluding carboxylic acids is 1. The van der Waals surface area contributed by atoms with Crippen LogP contribution >= 0.6 is 11.9 Å². The van der Waals surface area contributed by atoms with Crippen molar-refractivity contribution in [2.45, 2.75) is 62.3 Å². The van der Waals surface area contributed by atoms with E-state index in [-0.39, 0.29) is 11.4 Å². The van der Waals surface area contributed by atoms with Gasteiger partial charge in [-0.1, -0.05) is 69.2 Å². The monoisotopic (exact) mass is 485 g/mol. The molecule has 182 valence electrons. The fourth-order valence-corrected chi connectivity index (χ4v) is 6.33. The van der Waals surface area contributed by atoms with Crippen LogP contribution in [0.5, 0.6) is 0 Å². The lowest BCUT2D eigenvalue weighted by Gasteiger charge is -2.25. The van der Waals surface area contributed by atoms with Crippen molar-refractivity contribution in [3.8, 4) is 11.1 Å². The van der Waals surface area contributed by atoms with E-state index in [1.54, 1.807) is 11.9 Å². The lowest BCUT2D eigenvalue weighted by atomic mass is 9.79. The number of carbonyl (C=O) groups is 1. The third-order valence-corrected chi connectivity index (χ3v) is 8.32. The fourth-order valence-electron chi connectivity index (χ4n) is 5.83. The molecule has 1 saturated carbocycles. The zero-order valence-corrected chi connectivity index (χ0v) is 21.8. The number of nitrogens with one attached hydrogen (secondary N) is 2. The van der Waals surface area contributed by atoms with E-state index in [0.717, 1.165) is 35.5 Å². The van der Waals surface area contributed by atoms with Crippen molar-refractivity contribution >= 4 is 23.7 Å². The van der Waals surface area contributed by atoms with Gasteiger partial charge < -0.3 is 5.32 Å². The normalized spacial score (nSPS) is 16.2. The number of amides is 2. The second-order valence-corrected chi connectivity index (χ2v) is 11.2. The summed E-state index contributed by atoms with van der Waals surface area (Å²) in [6.07, 6.45) is 4.78. The molecule has 1 fully saturated rings. The molecule has 2 aliphatic rings. The van der Waals surface area contributed by atoms with Crippen molar-refractivity contribution in [1.29, 1.82) is 0 Å². The Labute approximate surface area is 213 Å². The molecule has 0 aromatic heterocycles. The molecule has 1 spiro atoms. The molecule has 4 nitrogen and oxygen atoms in total. The predicted octanol–water partition coefficient (Wildman–Crippen LogP) is 7.25. The van der Waals surface area contributed by atoms with Gasteiger partial charge in [0.2, 0.25) is 0 Å². The van der Waals surface area contributed by atoms with Crippen LogP contribution in [-0.4, -0.2) is 19.6 Å². The van der Waals surface area contributed by atoms with Crippen molar-refractivity contribution in [1.82, 2.24) is 10.0 Å². The minimum Gasteiger partial charge on any atom is -0.334 e. The summed E-state index contributed by atoms with van der Waals surface area (Å²) in [6.45, 7) is 5.82. The van der Waals surface area contributed by atoms with Gasteiger partial charge in [-0.05, 0) is 89.8 Å². The number of rotatable bonds is 6. The molecule has 2 N–H and O–H groups in total. The molecule has 0 radical (unpaired) electrons. The van der Waals surface area contributed by atoms with Gasteiger partial charge in [-0.2, -0.15) is 0 Å². The van der Waals surface area contributed by atoms with Crippen LogP contribution in [0.25, 0.3) is 11.1 Å². The average Bonchev–Trinajstić information content (AvgIpc) is 3.48. The van der Waals surface area contributed by atoms with E-state index >= 15 is 0 Å². The summed E-state index contributed by atoms with van der Waals surface area (Å²) in [5.74, 6) is 0.466. The quantitative estimate of drug-likeness (QED) is 0.362. The van der Waals surface area contributed by atoms with E-state index in [0.29, 0.717) is 12.5 Å². The second kappa shape index (κ2) is 10.1. The number of fused-ring (bicyclic) bond motifs is 2. The van der Waals surface area contributed by atoms with Crippen LogP contribution in [0.1, 0.15) is 62.1 Å². The predicted molar refractivity (Wildman–Crippen MR) is 147 cm³/mol. The molecule has 3 aromatic rings. The maximum Gasteiger partial charge on any atom is 0.322 e. The standard InChI is InChI=1S/C30H35N3OS/c1-21(2)25-8-4-5-9-26(25)23-12-15-28-27(18-23)30(16-6-7-17-30)20-33(28)29(34)32-19-22-10-13-24(14-11-22)35-31-3/h4-5,8-15,18,21,31H,6-7,16-17,19-20H2,1-3H3,(H,32,34). The molecule has 1 heterocycles. The van der Waals surface area contributed by atoms with Gasteiger partial charge in [0.1, 0.15) is 0 Å². The average molecular weight is 486 g/mol. The van der Waals surface area contributed by atoms with Gasteiger partial charge in [0.15, 0.2) is 0 Å². The smallest absolute Gasteiger partial charge is 0.322 e. The van der Waals surface area contributed by atoms with Crippen molar-refractivity contribution in [2.24, 2.45) is 0 Å². The Bertz CT molecular complexity index is 1200. The Morgan fingerprint density at radius 2 is 1.77 bits per heavy atom. The zero-order chi connectivity index (χ0) is 24.4. The lowest BCUT2D eigenvalue weighted by molar-refractivity contribution is 0.245. The third kappa shape index (κ3) is 4.72. The number of urea groups is 1. The highest BCUT2D eigenvalue weighted by Crippen LogP contribution is 2.51. The Kier molecular flexibility index (Phi) is 6.90. The molecule has 1 aliphatic heterocycles. The number of nitrogens with zero attached hydrogens (tertiary/aromatic N) is 1. The second-order valence-electron chi connectivity index (χ2n) is 10.2. The number of benzene rings is 3. The van der Waals surface area contributed by atoms with Crippen LogP contribution in [-0.2, 0) is 12.0 Å². The van der Waals surface area contributed by atoms with Gasteiger partial charge in [-0.15, -0.1) is 0 Å². The highest BCUT2D eigenvalue weighted by molar-refractivity contribution is 7.97. The maximum absolute atomic E-state index is 13.4. The summed E-state index contributed by atoms with van der Waals surface area (Å²) >= 11 is 1.59. The summed E-state index contributed by atoms with van der Waals surface area (Å²) in [5, 5.41) is 3.17. The first-order valence-corrected chi connectivity index (χ1v) is 13.5. The van der Waals surface area contributed by atoms with Gasteiger partial charge in [-0.3, -0.25) is 9.62 Å². The Balaban J connectivity index is 1.41. The fraction of sp³-hybridized carbons (Fsp3) is 0.367. The number of hydrogen-bond acceptors (Lipinski definition) is 3. The van der Waals surface area contributed by atoms with Gasteiger partial charge in [-0.25, -0.2) is 4.79 Å². The van der Waals surface area contributed by atoms with Crippen LogP contribution in [0, 0.1) is 0 Å². The SMILES string of the molecule is CNSc1ccc(CNC(=O)N2CC3(CCCC3)c3cc(-c4ccccc4C(C)C)ccc32)cc1.